The molecule has 4 nitrogen and oxygen atoms in total. The number of nitrogens with zero attached hydrogens (tertiary/aromatic N) is 2. The van der Waals surface area contributed by atoms with Crippen molar-refractivity contribution in [3.63, 3.8) is 0 Å². The number of nitriles is 1. The molecule has 1 saturated heterocycles. The molecule has 1 aliphatic rings. The lowest BCUT2D eigenvalue weighted by Gasteiger charge is -2.23. The fourth-order valence-electron chi connectivity index (χ4n) is 2.48. The van der Waals surface area contributed by atoms with Crippen molar-refractivity contribution in [1.82, 2.24) is 4.90 Å². The molecule has 0 bridgehead atoms. The topological polar surface area (TPSA) is 60.4 Å². The van der Waals surface area contributed by atoms with E-state index in [0.717, 1.165) is 31.7 Å². The quantitative estimate of drug-likeness (QED) is 0.845. The maximum atomic E-state index is 8.86. The maximum Gasteiger partial charge on any atom is 0.203 e. The average Bonchev–Trinajstić information content (AvgIpc) is 2.96. The molecule has 4 heteroatoms. The van der Waals surface area contributed by atoms with Crippen LogP contribution in [-0.4, -0.2) is 29.2 Å². The molecular weight excluding hydrogens is 216 g/mol. The molecule has 1 aliphatic heterocycles. The molecule has 0 radical (unpaired) electrons. The monoisotopic (exact) mass is 234 g/mol. The highest BCUT2D eigenvalue weighted by Gasteiger charge is 2.24. The van der Waals surface area contributed by atoms with Crippen molar-refractivity contribution in [2.75, 3.05) is 13.2 Å². The molecule has 0 spiro atoms. The van der Waals surface area contributed by atoms with Gasteiger partial charge in [-0.2, -0.15) is 5.26 Å². The molecular formula is C13H18N2O2. The summed E-state index contributed by atoms with van der Waals surface area (Å²) in [6.45, 7) is 2.13. The van der Waals surface area contributed by atoms with Gasteiger partial charge in [0, 0.05) is 12.6 Å². The average molecular weight is 234 g/mol. The van der Waals surface area contributed by atoms with Gasteiger partial charge in [0.05, 0.1) is 6.54 Å². The van der Waals surface area contributed by atoms with E-state index in [2.05, 4.69) is 4.90 Å². The number of hydrogen-bond acceptors (Lipinski definition) is 4. The third-order valence-corrected chi connectivity index (χ3v) is 3.33. The van der Waals surface area contributed by atoms with Crippen LogP contribution in [0.3, 0.4) is 0 Å². The summed E-state index contributed by atoms with van der Waals surface area (Å²) in [5, 5.41) is 17.6. The zero-order valence-corrected chi connectivity index (χ0v) is 9.93. The van der Waals surface area contributed by atoms with E-state index >= 15 is 0 Å². The Labute approximate surface area is 101 Å². The van der Waals surface area contributed by atoms with Gasteiger partial charge in [0.25, 0.3) is 0 Å². The van der Waals surface area contributed by atoms with Crippen LogP contribution in [0, 0.1) is 11.3 Å². The van der Waals surface area contributed by atoms with Gasteiger partial charge in [-0.1, -0.05) is 0 Å². The Morgan fingerprint density at radius 1 is 1.53 bits per heavy atom. The van der Waals surface area contributed by atoms with Crippen molar-refractivity contribution in [2.45, 2.75) is 38.3 Å². The molecule has 1 N–H and O–H groups in total. The second-order valence-corrected chi connectivity index (χ2v) is 4.51. The molecule has 2 rings (SSSR count). The van der Waals surface area contributed by atoms with E-state index in [1.165, 1.54) is 12.8 Å². The van der Waals surface area contributed by atoms with Crippen LogP contribution >= 0.6 is 0 Å². The molecule has 92 valence electrons. The second-order valence-electron chi connectivity index (χ2n) is 4.51. The fourth-order valence-corrected chi connectivity index (χ4v) is 2.48. The summed E-state index contributed by atoms with van der Waals surface area (Å²) in [7, 11) is 0. The number of likely N-dealkylation sites (tertiary alicyclic amines) is 1. The van der Waals surface area contributed by atoms with E-state index in [-0.39, 0.29) is 6.61 Å². The Balaban J connectivity index is 1.91. The van der Waals surface area contributed by atoms with Crippen LogP contribution in [0.2, 0.25) is 0 Å². The standard InChI is InChI=1S/C13H18N2O2/c14-9-12-5-6-13(17-12)10-15-7-1-3-11(15)4-2-8-16/h5-6,11,16H,1-4,7-8,10H2. The van der Waals surface area contributed by atoms with E-state index in [9.17, 15) is 0 Å². The van der Waals surface area contributed by atoms with E-state index in [0.29, 0.717) is 11.8 Å². The normalized spacial score (nSPS) is 20.6. The van der Waals surface area contributed by atoms with Gasteiger partial charge in [0.15, 0.2) is 0 Å². The first-order valence-corrected chi connectivity index (χ1v) is 6.17. The van der Waals surface area contributed by atoms with Crippen molar-refractivity contribution in [3.8, 4) is 6.07 Å². The Morgan fingerprint density at radius 2 is 2.41 bits per heavy atom. The maximum absolute atomic E-state index is 8.86. The van der Waals surface area contributed by atoms with Gasteiger partial charge in [-0.15, -0.1) is 0 Å². The van der Waals surface area contributed by atoms with E-state index < -0.39 is 0 Å². The first-order chi connectivity index (χ1) is 8.33. The summed E-state index contributed by atoms with van der Waals surface area (Å²) in [4.78, 5) is 2.38. The number of aliphatic hydroxyl groups excluding tert-OH is 1. The van der Waals surface area contributed by atoms with Crippen molar-refractivity contribution < 1.29 is 9.52 Å². The lowest BCUT2D eigenvalue weighted by atomic mass is 10.1. The smallest absolute Gasteiger partial charge is 0.203 e. The summed E-state index contributed by atoms with van der Waals surface area (Å²) < 4.78 is 5.40. The molecule has 1 unspecified atom stereocenters. The van der Waals surface area contributed by atoms with Crippen molar-refractivity contribution in [2.24, 2.45) is 0 Å². The summed E-state index contributed by atoms with van der Waals surface area (Å²) in [5.74, 6) is 1.24. The molecule has 1 aromatic heterocycles. The minimum atomic E-state index is 0.268. The predicted octanol–water partition coefficient (Wildman–Crippen LogP) is 1.89. The SMILES string of the molecule is N#Cc1ccc(CN2CCCC2CCCO)o1. The third kappa shape index (κ3) is 3.09. The summed E-state index contributed by atoms with van der Waals surface area (Å²) in [5.41, 5.74) is 0. The second kappa shape index (κ2) is 5.85. The number of hydrogen-bond donors (Lipinski definition) is 1. The fraction of sp³-hybridized carbons (Fsp3) is 0.615. The first kappa shape index (κ1) is 12.2. The number of aliphatic hydroxyl groups is 1. The number of furan rings is 1. The van der Waals surface area contributed by atoms with Crippen LogP contribution in [-0.2, 0) is 6.54 Å². The molecule has 1 aromatic rings. The summed E-state index contributed by atoms with van der Waals surface area (Å²) in [6, 6.07) is 6.14. The molecule has 1 fully saturated rings. The zero-order chi connectivity index (χ0) is 12.1. The minimum Gasteiger partial charge on any atom is -0.449 e. The molecule has 17 heavy (non-hydrogen) atoms. The van der Waals surface area contributed by atoms with Gasteiger partial charge in [-0.3, -0.25) is 4.90 Å². The lowest BCUT2D eigenvalue weighted by Crippen LogP contribution is -2.28. The molecule has 2 heterocycles. The Bertz CT molecular complexity index is 394. The molecule has 0 amide bonds. The van der Waals surface area contributed by atoms with Gasteiger partial charge >= 0.3 is 0 Å². The van der Waals surface area contributed by atoms with E-state index in [1.54, 1.807) is 6.07 Å². The minimum absolute atomic E-state index is 0.268. The van der Waals surface area contributed by atoms with Crippen molar-refractivity contribution in [1.29, 1.82) is 5.26 Å². The van der Waals surface area contributed by atoms with Crippen LogP contribution in [0.1, 0.15) is 37.2 Å². The number of rotatable bonds is 5. The highest BCUT2D eigenvalue weighted by molar-refractivity contribution is 5.19. The Hall–Kier alpha value is -1.31. The van der Waals surface area contributed by atoms with Gasteiger partial charge in [-0.25, -0.2) is 0 Å². The highest BCUT2D eigenvalue weighted by Crippen LogP contribution is 2.23. The summed E-state index contributed by atoms with van der Waals surface area (Å²) in [6.07, 6.45) is 4.32. The van der Waals surface area contributed by atoms with Crippen molar-refractivity contribution >= 4 is 0 Å². The van der Waals surface area contributed by atoms with Gasteiger partial charge in [-0.05, 0) is 44.4 Å². The van der Waals surface area contributed by atoms with Crippen molar-refractivity contribution in [3.05, 3.63) is 23.7 Å². The van der Waals surface area contributed by atoms with Gasteiger partial charge in [0.1, 0.15) is 11.8 Å². The van der Waals surface area contributed by atoms with E-state index in [1.807, 2.05) is 12.1 Å². The zero-order valence-electron chi connectivity index (χ0n) is 9.93. The van der Waals surface area contributed by atoms with E-state index in [4.69, 9.17) is 14.8 Å². The Kier molecular flexibility index (Phi) is 4.18. The predicted molar refractivity (Wildman–Crippen MR) is 63.2 cm³/mol. The molecule has 1 atom stereocenters. The van der Waals surface area contributed by atoms with Crippen LogP contribution in [0.25, 0.3) is 0 Å². The first-order valence-electron chi connectivity index (χ1n) is 6.17. The van der Waals surface area contributed by atoms with Crippen LogP contribution in [0.4, 0.5) is 0 Å². The lowest BCUT2D eigenvalue weighted by molar-refractivity contribution is 0.198. The summed E-state index contributed by atoms with van der Waals surface area (Å²) >= 11 is 0. The Morgan fingerprint density at radius 3 is 3.12 bits per heavy atom. The van der Waals surface area contributed by atoms with Gasteiger partial charge < -0.3 is 9.52 Å². The molecule has 0 aliphatic carbocycles. The highest BCUT2D eigenvalue weighted by atomic mass is 16.3. The molecule has 0 saturated carbocycles. The van der Waals surface area contributed by atoms with Crippen LogP contribution in [0.15, 0.2) is 16.5 Å². The third-order valence-electron chi connectivity index (χ3n) is 3.33. The van der Waals surface area contributed by atoms with Crippen LogP contribution < -0.4 is 0 Å². The molecule has 0 aromatic carbocycles. The van der Waals surface area contributed by atoms with Crippen LogP contribution in [0.5, 0.6) is 0 Å². The largest absolute Gasteiger partial charge is 0.449 e. The van der Waals surface area contributed by atoms with Gasteiger partial charge in [0.2, 0.25) is 5.76 Å².